The van der Waals surface area contributed by atoms with Crippen LogP contribution in [0.4, 0.5) is 0 Å². The first-order valence-corrected chi connectivity index (χ1v) is 5.80. The Morgan fingerprint density at radius 3 is 2.06 bits per heavy atom. The topological polar surface area (TPSA) is 0 Å². The molecule has 88 valence electrons. The van der Waals surface area contributed by atoms with Crippen LogP contribution in [0.2, 0.25) is 0 Å². The van der Waals surface area contributed by atoms with Crippen molar-refractivity contribution >= 4 is 5.57 Å². The zero-order valence-electron chi connectivity index (χ0n) is 11.0. The van der Waals surface area contributed by atoms with Crippen LogP contribution in [0.5, 0.6) is 0 Å². The van der Waals surface area contributed by atoms with Gasteiger partial charge in [-0.05, 0) is 43.0 Å². The lowest BCUT2D eigenvalue weighted by Crippen LogP contribution is -1.93. The van der Waals surface area contributed by atoms with Crippen LogP contribution in [0.1, 0.15) is 22.3 Å². The van der Waals surface area contributed by atoms with Gasteiger partial charge in [0.05, 0.1) is 0 Å². The number of hydrogen-bond acceptors (Lipinski definition) is 0. The largest absolute Gasteiger partial charge is 0.0991 e. The number of benzene rings is 1. The molecular weight excluding hydrogens is 204 g/mol. The highest BCUT2D eigenvalue weighted by Gasteiger charge is 2.06. The van der Waals surface area contributed by atoms with Crippen LogP contribution >= 0.6 is 0 Å². The van der Waals surface area contributed by atoms with Crippen LogP contribution in [-0.2, 0) is 0 Å². The maximum atomic E-state index is 3.77. The molecule has 0 aliphatic carbocycles. The number of allylic oxidation sites excluding steroid dienone is 6. The lowest BCUT2D eigenvalue weighted by Gasteiger charge is -2.12. The highest BCUT2D eigenvalue weighted by atomic mass is 14.1. The fourth-order valence-electron chi connectivity index (χ4n) is 2.16. The van der Waals surface area contributed by atoms with Gasteiger partial charge in [-0.3, -0.25) is 0 Å². The highest BCUT2D eigenvalue weighted by Crippen LogP contribution is 2.25. The molecule has 0 saturated heterocycles. The minimum Gasteiger partial charge on any atom is -0.0991 e. The zero-order chi connectivity index (χ0) is 12.8. The molecule has 0 aliphatic heterocycles. The summed E-state index contributed by atoms with van der Waals surface area (Å²) in [5.74, 6) is 0. The van der Waals surface area contributed by atoms with Gasteiger partial charge in [0, 0.05) is 0 Å². The Kier molecular flexibility index (Phi) is 4.71. The van der Waals surface area contributed by atoms with E-state index in [-0.39, 0.29) is 0 Å². The van der Waals surface area contributed by atoms with Crippen LogP contribution in [0.15, 0.2) is 55.7 Å². The predicted octanol–water partition coefficient (Wildman–Crippen LogP) is 4.92. The summed E-state index contributed by atoms with van der Waals surface area (Å²) in [6.45, 7) is 13.9. The standard InChI is InChI=1S/C17H20/c1-6-8-10-16(9-7-2)17-14(4)11-13(3)12-15(17)5/h6-12H,1-2H2,3-5H3/b10-8+,16-9-. The molecule has 0 aromatic heterocycles. The van der Waals surface area contributed by atoms with Crippen molar-refractivity contribution < 1.29 is 0 Å². The summed E-state index contributed by atoms with van der Waals surface area (Å²) in [5.41, 5.74) is 6.35. The average molecular weight is 224 g/mol. The van der Waals surface area contributed by atoms with Crippen molar-refractivity contribution in [1.82, 2.24) is 0 Å². The SMILES string of the molecule is C=C/C=C(/C=C/C=C)c1c(C)cc(C)cc1C. The molecule has 1 rings (SSSR count). The summed E-state index contributed by atoms with van der Waals surface area (Å²) in [6.07, 6.45) is 9.66. The van der Waals surface area contributed by atoms with Crippen molar-refractivity contribution in [3.05, 3.63) is 77.9 Å². The molecule has 0 heteroatoms. The molecule has 0 amide bonds. The lowest BCUT2D eigenvalue weighted by molar-refractivity contribution is 1.29. The second-order valence-electron chi connectivity index (χ2n) is 4.23. The number of rotatable bonds is 4. The van der Waals surface area contributed by atoms with Gasteiger partial charge in [0.25, 0.3) is 0 Å². The maximum Gasteiger partial charge on any atom is -0.0125 e. The molecule has 0 heterocycles. The van der Waals surface area contributed by atoms with Crippen molar-refractivity contribution in [2.75, 3.05) is 0 Å². The van der Waals surface area contributed by atoms with Crippen molar-refractivity contribution in [2.24, 2.45) is 0 Å². The molecule has 1 aromatic carbocycles. The lowest BCUT2D eigenvalue weighted by atomic mass is 9.93. The van der Waals surface area contributed by atoms with Crippen molar-refractivity contribution in [3.8, 4) is 0 Å². The summed E-state index contributed by atoms with van der Waals surface area (Å²) in [6, 6.07) is 4.42. The normalized spacial score (nSPS) is 11.8. The predicted molar refractivity (Wildman–Crippen MR) is 78.2 cm³/mol. The number of hydrogen-bond donors (Lipinski definition) is 0. The fourth-order valence-corrected chi connectivity index (χ4v) is 2.16. The Balaban J connectivity index is 3.38. The van der Waals surface area contributed by atoms with Gasteiger partial charge in [0.15, 0.2) is 0 Å². The third kappa shape index (κ3) is 3.32. The van der Waals surface area contributed by atoms with E-state index in [1.165, 1.54) is 27.8 Å². The van der Waals surface area contributed by atoms with Crippen LogP contribution in [0.25, 0.3) is 5.57 Å². The van der Waals surface area contributed by atoms with E-state index >= 15 is 0 Å². The average Bonchev–Trinajstić information content (AvgIpc) is 2.24. The third-order valence-electron chi connectivity index (χ3n) is 2.67. The quantitative estimate of drug-likeness (QED) is 0.636. The van der Waals surface area contributed by atoms with Crippen LogP contribution in [0, 0.1) is 20.8 Å². The van der Waals surface area contributed by atoms with E-state index in [2.05, 4.69) is 52.1 Å². The van der Waals surface area contributed by atoms with Gasteiger partial charge in [-0.2, -0.15) is 0 Å². The van der Waals surface area contributed by atoms with Crippen LogP contribution in [0.3, 0.4) is 0 Å². The van der Waals surface area contributed by atoms with Gasteiger partial charge in [0.2, 0.25) is 0 Å². The minimum atomic E-state index is 1.18. The second-order valence-corrected chi connectivity index (χ2v) is 4.23. The number of aryl methyl sites for hydroxylation is 3. The summed E-state index contributed by atoms with van der Waals surface area (Å²) < 4.78 is 0. The zero-order valence-corrected chi connectivity index (χ0v) is 11.0. The molecule has 0 atom stereocenters. The third-order valence-corrected chi connectivity index (χ3v) is 2.67. The Morgan fingerprint density at radius 2 is 1.59 bits per heavy atom. The van der Waals surface area contributed by atoms with Gasteiger partial charge in [-0.1, -0.05) is 61.2 Å². The van der Waals surface area contributed by atoms with E-state index in [1.807, 2.05) is 18.2 Å². The molecule has 0 fully saturated rings. The van der Waals surface area contributed by atoms with Gasteiger partial charge < -0.3 is 0 Å². The maximum absolute atomic E-state index is 3.77. The van der Waals surface area contributed by atoms with E-state index in [9.17, 15) is 0 Å². The molecule has 0 N–H and O–H groups in total. The summed E-state index contributed by atoms with van der Waals surface area (Å²) in [5, 5.41) is 0. The molecular formula is C17H20. The van der Waals surface area contributed by atoms with Crippen molar-refractivity contribution in [2.45, 2.75) is 20.8 Å². The van der Waals surface area contributed by atoms with Crippen molar-refractivity contribution in [3.63, 3.8) is 0 Å². The van der Waals surface area contributed by atoms with Crippen molar-refractivity contribution in [1.29, 1.82) is 0 Å². The fraction of sp³-hybridized carbons (Fsp3) is 0.176. The molecule has 0 nitrogen and oxygen atoms in total. The molecule has 0 saturated carbocycles. The monoisotopic (exact) mass is 224 g/mol. The van der Waals surface area contributed by atoms with Gasteiger partial charge in [0.1, 0.15) is 0 Å². The Labute approximate surface area is 105 Å². The Bertz CT molecular complexity index is 462. The van der Waals surface area contributed by atoms with Crippen LogP contribution < -0.4 is 0 Å². The summed E-state index contributed by atoms with van der Waals surface area (Å²) >= 11 is 0. The van der Waals surface area contributed by atoms with Gasteiger partial charge in [-0.25, -0.2) is 0 Å². The van der Waals surface area contributed by atoms with E-state index in [4.69, 9.17) is 0 Å². The van der Waals surface area contributed by atoms with E-state index in [0.717, 1.165) is 0 Å². The van der Waals surface area contributed by atoms with E-state index < -0.39 is 0 Å². The molecule has 0 bridgehead atoms. The first-order valence-electron chi connectivity index (χ1n) is 5.80. The molecule has 0 radical (unpaired) electrons. The second kappa shape index (κ2) is 6.05. The summed E-state index contributed by atoms with van der Waals surface area (Å²) in [4.78, 5) is 0. The highest BCUT2D eigenvalue weighted by molar-refractivity contribution is 5.79. The molecule has 1 aromatic rings. The van der Waals surface area contributed by atoms with Gasteiger partial charge >= 0.3 is 0 Å². The Hall–Kier alpha value is -1.82. The molecule has 0 spiro atoms. The van der Waals surface area contributed by atoms with Crippen LogP contribution in [-0.4, -0.2) is 0 Å². The molecule has 17 heavy (non-hydrogen) atoms. The van der Waals surface area contributed by atoms with E-state index in [1.54, 1.807) is 6.08 Å². The minimum absolute atomic E-state index is 1.18. The first-order chi connectivity index (χ1) is 8.10. The molecule has 0 aliphatic rings. The smallest absolute Gasteiger partial charge is 0.0125 e. The Morgan fingerprint density at radius 1 is 1.00 bits per heavy atom. The summed E-state index contributed by atoms with van der Waals surface area (Å²) in [7, 11) is 0. The van der Waals surface area contributed by atoms with E-state index in [0.29, 0.717) is 0 Å². The van der Waals surface area contributed by atoms with Gasteiger partial charge in [-0.15, -0.1) is 0 Å². The molecule has 0 unspecified atom stereocenters. The first kappa shape index (κ1) is 13.2.